The molecule has 1 aliphatic rings. The molecule has 0 spiro atoms. The number of aryl methyl sites for hydroxylation is 1. The molecule has 9 heteroatoms. The van der Waals surface area contributed by atoms with E-state index in [2.05, 4.69) is 9.71 Å². The van der Waals surface area contributed by atoms with Crippen molar-refractivity contribution in [2.45, 2.75) is 31.3 Å². The summed E-state index contributed by atoms with van der Waals surface area (Å²) in [6, 6.07) is 4.74. The number of sulfonamides is 1. The summed E-state index contributed by atoms with van der Waals surface area (Å²) in [6.07, 6.45) is 0.450. The van der Waals surface area contributed by atoms with Crippen molar-refractivity contribution in [3.8, 4) is 0 Å². The number of alkyl halides is 3. The molecule has 3 rings (SSSR count). The molecule has 0 amide bonds. The fourth-order valence-electron chi connectivity index (χ4n) is 3.01. The maximum Gasteiger partial charge on any atom is 0.416 e. The molecule has 0 saturated carbocycles. The van der Waals surface area contributed by atoms with Crippen LogP contribution in [0, 0.1) is 5.92 Å². The second-order valence-corrected chi connectivity index (χ2v) is 7.96. The van der Waals surface area contributed by atoms with Gasteiger partial charge in [-0.15, -0.1) is 0 Å². The van der Waals surface area contributed by atoms with Gasteiger partial charge in [0.2, 0.25) is 10.0 Å². The van der Waals surface area contributed by atoms with Crippen LogP contribution in [0.25, 0.3) is 0 Å². The van der Waals surface area contributed by atoms with Crippen LogP contribution < -0.4 is 4.72 Å². The SMILES string of the molecule is O=S(=O)(Cc1ccccc1C(F)(F)F)NC[C@@H]1CCn2ccnc2C1. The third-order valence-corrected chi connectivity index (χ3v) is 5.61. The second kappa shape index (κ2) is 6.80. The van der Waals surface area contributed by atoms with E-state index < -0.39 is 27.5 Å². The Balaban J connectivity index is 1.64. The van der Waals surface area contributed by atoms with Gasteiger partial charge in [0.25, 0.3) is 0 Å². The molecule has 0 bridgehead atoms. The number of hydrogen-bond acceptors (Lipinski definition) is 3. The highest BCUT2D eigenvalue weighted by molar-refractivity contribution is 7.88. The minimum Gasteiger partial charge on any atom is -0.335 e. The minimum absolute atomic E-state index is 0.0857. The first kappa shape index (κ1) is 17.9. The Labute approximate surface area is 143 Å². The molecule has 0 fully saturated rings. The molecule has 1 aromatic heterocycles. The van der Waals surface area contributed by atoms with Gasteiger partial charge in [0.1, 0.15) is 5.82 Å². The smallest absolute Gasteiger partial charge is 0.335 e. The Morgan fingerprint density at radius 1 is 1.28 bits per heavy atom. The molecule has 0 unspecified atom stereocenters. The third-order valence-electron chi connectivity index (χ3n) is 4.31. The zero-order valence-corrected chi connectivity index (χ0v) is 14.1. The maximum absolute atomic E-state index is 13.0. The Kier molecular flexibility index (Phi) is 4.88. The highest BCUT2D eigenvalue weighted by atomic mass is 32.2. The number of nitrogens with zero attached hydrogens (tertiary/aromatic N) is 2. The van der Waals surface area contributed by atoms with Crippen molar-refractivity contribution in [1.82, 2.24) is 14.3 Å². The monoisotopic (exact) mass is 373 g/mol. The van der Waals surface area contributed by atoms with Crippen LogP contribution in [0.3, 0.4) is 0 Å². The van der Waals surface area contributed by atoms with E-state index >= 15 is 0 Å². The van der Waals surface area contributed by atoms with Crippen LogP contribution in [0.1, 0.15) is 23.4 Å². The van der Waals surface area contributed by atoms with E-state index in [9.17, 15) is 21.6 Å². The molecule has 5 nitrogen and oxygen atoms in total. The lowest BCUT2D eigenvalue weighted by Crippen LogP contribution is -2.34. The van der Waals surface area contributed by atoms with Gasteiger partial charge in [0.15, 0.2) is 0 Å². The third kappa shape index (κ3) is 4.40. The molecule has 2 heterocycles. The molecule has 25 heavy (non-hydrogen) atoms. The summed E-state index contributed by atoms with van der Waals surface area (Å²) >= 11 is 0. The van der Waals surface area contributed by atoms with Gasteiger partial charge < -0.3 is 4.57 Å². The molecule has 1 aliphatic heterocycles. The van der Waals surface area contributed by atoms with Crippen LogP contribution in [-0.4, -0.2) is 24.5 Å². The summed E-state index contributed by atoms with van der Waals surface area (Å²) < 4.78 is 67.9. The lowest BCUT2D eigenvalue weighted by Gasteiger charge is -2.23. The van der Waals surface area contributed by atoms with E-state index in [0.29, 0.717) is 6.42 Å². The van der Waals surface area contributed by atoms with Gasteiger partial charge in [0, 0.05) is 31.9 Å². The van der Waals surface area contributed by atoms with E-state index in [1.54, 1.807) is 6.20 Å². The van der Waals surface area contributed by atoms with Crippen molar-refractivity contribution in [2.75, 3.05) is 6.54 Å². The highest BCUT2D eigenvalue weighted by Crippen LogP contribution is 2.32. The topological polar surface area (TPSA) is 64.0 Å². The lowest BCUT2D eigenvalue weighted by molar-refractivity contribution is -0.138. The lowest BCUT2D eigenvalue weighted by atomic mass is 9.98. The molecule has 0 radical (unpaired) electrons. The number of hydrogen-bond donors (Lipinski definition) is 1. The molecule has 1 aromatic carbocycles. The van der Waals surface area contributed by atoms with E-state index in [1.807, 2.05) is 10.8 Å². The van der Waals surface area contributed by atoms with Crippen molar-refractivity contribution < 1.29 is 21.6 Å². The van der Waals surface area contributed by atoms with Crippen molar-refractivity contribution >= 4 is 10.0 Å². The normalized spacial score (nSPS) is 18.1. The number of halogens is 3. The fraction of sp³-hybridized carbons (Fsp3) is 0.438. The number of fused-ring (bicyclic) bond motifs is 1. The molecule has 136 valence electrons. The van der Waals surface area contributed by atoms with Gasteiger partial charge in [0.05, 0.1) is 11.3 Å². The zero-order chi connectivity index (χ0) is 18.1. The molecule has 0 saturated heterocycles. The molecule has 0 aliphatic carbocycles. The van der Waals surface area contributed by atoms with Crippen molar-refractivity contribution in [3.05, 3.63) is 53.6 Å². The number of rotatable bonds is 5. The van der Waals surface area contributed by atoms with E-state index in [4.69, 9.17) is 0 Å². The Morgan fingerprint density at radius 2 is 2.04 bits per heavy atom. The molecule has 2 aromatic rings. The number of nitrogens with one attached hydrogen (secondary N) is 1. The van der Waals surface area contributed by atoms with Crippen LogP contribution in [-0.2, 0) is 34.9 Å². The van der Waals surface area contributed by atoms with Gasteiger partial charge >= 0.3 is 6.18 Å². The number of benzene rings is 1. The van der Waals surface area contributed by atoms with E-state index in [-0.39, 0.29) is 18.0 Å². The first-order chi connectivity index (χ1) is 11.7. The quantitative estimate of drug-likeness (QED) is 0.876. The number of imidazole rings is 1. The van der Waals surface area contributed by atoms with E-state index in [1.165, 1.54) is 18.2 Å². The summed E-state index contributed by atoms with van der Waals surface area (Å²) in [6.45, 7) is 0.960. The van der Waals surface area contributed by atoms with Gasteiger partial charge in [-0.25, -0.2) is 18.1 Å². The maximum atomic E-state index is 13.0. The predicted octanol–water partition coefficient (Wildman–Crippen LogP) is 2.58. The Morgan fingerprint density at radius 3 is 2.80 bits per heavy atom. The molecule has 1 N–H and O–H groups in total. The standard InChI is InChI=1S/C16H18F3N3O2S/c17-16(18,19)14-4-2-1-3-13(14)11-25(23,24)21-10-12-5-7-22-8-6-20-15(22)9-12/h1-4,6,8,12,21H,5,7,9-11H2/t12-/m1/s1. The van der Waals surface area contributed by atoms with Crippen LogP contribution in [0.4, 0.5) is 13.2 Å². The molecule has 1 atom stereocenters. The van der Waals surface area contributed by atoms with E-state index in [0.717, 1.165) is 24.9 Å². The van der Waals surface area contributed by atoms with Gasteiger partial charge in [-0.05, 0) is 24.0 Å². The fourth-order valence-corrected chi connectivity index (χ4v) is 4.27. The average molecular weight is 373 g/mol. The summed E-state index contributed by atoms with van der Waals surface area (Å²) in [5, 5.41) is 0. The van der Waals surface area contributed by atoms with Crippen LogP contribution in [0.15, 0.2) is 36.7 Å². The largest absolute Gasteiger partial charge is 0.416 e. The number of aromatic nitrogens is 2. The second-order valence-electron chi connectivity index (χ2n) is 6.16. The zero-order valence-electron chi connectivity index (χ0n) is 13.3. The predicted molar refractivity (Wildman–Crippen MR) is 86.1 cm³/mol. The molecular formula is C16H18F3N3O2S. The van der Waals surface area contributed by atoms with Gasteiger partial charge in [-0.2, -0.15) is 13.2 Å². The van der Waals surface area contributed by atoms with Crippen molar-refractivity contribution in [1.29, 1.82) is 0 Å². The van der Waals surface area contributed by atoms with Crippen molar-refractivity contribution in [2.24, 2.45) is 5.92 Å². The summed E-state index contributed by atoms with van der Waals surface area (Å²) in [5.74, 6) is 0.296. The van der Waals surface area contributed by atoms with Crippen LogP contribution in [0.2, 0.25) is 0 Å². The first-order valence-corrected chi connectivity index (χ1v) is 9.52. The van der Waals surface area contributed by atoms with Gasteiger partial charge in [-0.3, -0.25) is 0 Å². The molecular weight excluding hydrogens is 355 g/mol. The van der Waals surface area contributed by atoms with Crippen LogP contribution in [0.5, 0.6) is 0 Å². The first-order valence-electron chi connectivity index (χ1n) is 7.87. The Bertz CT molecular complexity index is 846. The Hall–Kier alpha value is -1.87. The summed E-state index contributed by atoms with van der Waals surface area (Å²) in [5.41, 5.74) is -1.17. The minimum atomic E-state index is -4.58. The summed E-state index contributed by atoms with van der Waals surface area (Å²) in [4.78, 5) is 4.22. The van der Waals surface area contributed by atoms with Gasteiger partial charge in [-0.1, -0.05) is 18.2 Å². The summed E-state index contributed by atoms with van der Waals surface area (Å²) in [7, 11) is -3.86. The average Bonchev–Trinajstić information content (AvgIpc) is 3.00. The van der Waals surface area contributed by atoms with Crippen LogP contribution >= 0.6 is 0 Å². The highest BCUT2D eigenvalue weighted by Gasteiger charge is 2.34. The van der Waals surface area contributed by atoms with Crippen molar-refractivity contribution in [3.63, 3.8) is 0 Å².